The highest BCUT2D eigenvalue weighted by Gasteiger charge is 2.28. The molecule has 1 aliphatic carbocycles. The minimum atomic E-state index is 0.0673. The molecule has 3 heteroatoms. The summed E-state index contributed by atoms with van der Waals surface area (Å²) in [5.74, 6) is 1.36. The van der Waals surface area contributed by atoms with Crippen LogP contribution < -0.4 is 11.1 Å². The normalized spacial score (nSPS) is 16.2. The fourth-order valence-corrected chi connectivity index (χ4v) is 2.44. The van der Waals surface area contributed by atoms with Crippen molar-refractivity contribution in [2.24, 2.45) is 17.6 Å². The van der Waals surface area contributed by atoms with Crippen LogP contribution in [0, 0.1) is 11.8 Å². The van der Waals surface area contributed by atoms with Gasteiger partial charge in [-0.05, 0) is 42.2 Å². The average Bonchev–Trinajstić information content (AvgIpc) is 3.22. The van der Waals surface area contributed by atoms with Gasteiger partial charge in [0.05, 0.1) is 6.42 Å². The number of rotatable bonds is 7. The molecule has 3 N–H and O–H groups in total. The second kappa shape index (κ2) is 6.89. The van der Waals surface area contributed by atoms with Crippen molar-refractivity contribution in [3.63, 3.8) is 0 Å². The standard InChI is InChI=1S/C17H26N2O/c1-12(2)9-13-3-5-14(6-4-13)10-17(20)19-11-16(18)15-7-8-15/h3-6,12,15-16H,7-11,18H2,1-2H3,(H,19,20). The lowest BCUT2D eigenvalue weighted by Crippen LogP contribution is -2.39. The molecule has 0 saturated heterocycles. The van der Waals surface area contributed by atoms with Gasteiger partial charge in [0.1, 0.15) is 0 Å². The van der Waals surface area contributed by atoms with E-state index in [1.807, 2.05) is 0 Å². The SMILES string of the molecule is CC(C)Cc1ccc(CC(=O)NCC(N)C2CC2)cc1. The van der Waals surface area contributed by atoms with Gasteiger partial charge in [-0.2, -0.15) is 0 Å². The van der Waals surface area contributed by atoms with Crippen LogP contribution in [0.5, 0.6) is 0 Å². The number of carbonyl (C=O) groups is 1. The van der Waals surface area contributed by atoms with Gasteiger partial charge in [0, 0.05) is 12.6 Å². The van der Waals surface area contributed by atoms with E-state index in [1.54, 1.807) is 0 Å². The largest absolute Gasteiger partial charge is 0.354 e. The highest BCUT2D eigenvalue weighted by Crippen LogP contribution is 2.31. The molecule has 0 aromatic heterocycles. The van der Waals surface area contributed by atoms with Gasteiger partial charge >= 0.3 is 0 Å². The molecule has 2 rings (SSSR count). The van der Waals surface area contributed by atoms with Gasteiger partial charge in [-0.3, -0.25) is 4.79 Å². The van der Waals surface area contributed by atoms with Gasteiger partial charge in [-0.25, -0.2) is 0 Å². The average molecular weight is 274 g/mol. The molecular formula is C17H26N2O. The molecular weight excluding hydrogens is 248 g/mol. The van der Waals surface area contributed by atoms with Crippen molar-refractivity contribution in [1.29, 1.82) is 0 Å². The Kier molecular flexibility index (Phi) is 5.18. The third kappa shape index (κ3) is 4.97. The highest BCUT2D eigenvalue weighted by molar-refractivity contribution is 5.78. The first-order valence-electron chi connectivity index (χ1n) is 7.64. The number of hydrogen-bond donors (Lipinski definition) is 2. The topological polar surface area (TPSA) is 55.1 Å². The predicted octanol–water partition coefficient (Wildman–Crippen LogP) is 2.28. The molecule has 1 aromatic carbocycles. The molecule has 1 fully saturated rings. The van der Waals surface area contributed by atoms with Crippen molar-refractivity contribution in [2.45, 2.75) is 45.6 Å². The van der Waals surface area contributed by atoms with Gasteiger partial charge < -0.3 is 11.1 Å². The quantitative estimate of drug-likeness (QED) is 0.801. The first-order chi connectivity index (χ1) is 9.54. The van der Waals surface area contributed by atoms with Crippen molar-refractivity contribution in [1.82, 2.24) is 5.32 Å². The molecule has 1 aromatic rings. The Labute approximate surface area is 121 Å². The Morgan fingerprint density at radius 1 is 1.25 bits per heavy atom. The number of amides is 1. The van der Waals surface area contributed by atoms with Crippen molar-refractivity contribution < 1.29 is 4.79 Å². The fraction of sp³-hybridized carbons (Fsp3) is 0.588. The van der Waals surface area contributed by atoms with Crippen LogP contribution in [0.1, 0.15) is 37.8 Å². The molecule has 0 aliphatic heterocycles. The molecule has 20 heavy (non-hydrogen) atoms. The second-order valence-corrected chi connectivity index (χ2v) is 6.40. The molecule has 1 saturated carbocycles. The highest BCUT2D eigenvalue weighted by atomic mass is 16.1. The Bertz CT molecular complexity index is 435. The zero-order valence-corrected chi connectivity index (χ0v) is 12.6. The lowest BCUT2D eigenvalue weighted by atomic mass is 10.0. The molecule has 1 aliphatic rings. The van der Waals surface area contributed by atoms with E-state index in [4.69, 9.17) is 5.73 Å². The zero-order valence-electron chi connectivity index (χ0n) is 12.6. The van der Waals surface area contributed by atoms with E-state index >= 15 is 0 Å². The lowest BCUT2D eigenvalue weighted by Gasteiger charge is -2.12. The first-order valence-corrected chi connectivity index (χ1v) is 7.64. The van der Waals surface area contributed by atoms with Crippen molar-refractivity contribution >= 4 is 5.91 Å². The minimum absolute atomic E-state index is 0.0673. The van der Waals surface area contributed by atoms with E-state index in [2.05, 4.69) is 43.4 Å². The maximum atomic E-state index is 11.9. The second-order valence-electron chi connectivity index (χ2n) is 6.40. The van der Waals surface area contributed by atoms with E-state index < -0.39 is 0 Å². The Morgan fingerprint density at radius 2 is 1.85 bits per heavy atom. The summed E-state index contributed by atoms with van der Waals surface area (Å²) in [4.78, 5) is 11.9. The van der Waals surface area contributed by atoms with Crippen LogP contribution in [-0.4, -0.2) is 18.5 Å². The van der Waals surface area contributed by atoms with Gasteiger partial charge in [0.2, 0.25) is 5.91 Å². The summed E-state index contributed by atoms with van der Waals surface area (Å²) < 4.78 is 0. The van der Waals surface area contributed by atoms with Crippen LogP contribution in [0.4, 0.5) is 0 Å². The number of hydrogen-bond acceptors (Lipinski definition) is 2. The lowest BCUT2D eigenvalue weighted by molar-refractivity contribution is -0.120. The summed E-state index contributed by atoms with van der Waals surface area (Å²) in [5.41, 5.74) is 8.37. The Balaban J connectivity index is 1.75. The number of benzene rings is 1. The summed E-state index contributed by atoms with van der Waals surface area (Å²) in [7, 11) is 0. The molecule has 1 amide bonds. The molecule has 0 spiro atoms. The third-order valence-corrected chi connectivity index (χ3v) is 3.79. The zero-order chi connectivity index (χ0) is 14.5. The van der Waals surface area contributed by atoms with Crippen LogP contribution in [-0.2, 0) is 17.6 Å². The number of nitrogens with two attached hydrogens (primary N) is 1. The van der Waals surface area contributed by atoms with Gasteiger partial charge in [0.15, 0.2) is 0 Å². The van der Waals surface area contributed by atoms with Gasteiger partial charge in [0.25, 0.3) is 0 Å². The third-order valence-electron chi connectivity index (χ3n) is 3.79. The molecule has 0 heterocycles. The maximum absolute atomic E-state index is 11.9. The summed E-state index contributed by atoms with van der Waals surface area (Å²) in [5, 5.41) is 2.94. The van der Waals surface area contributed by atoms with Crippen LogP contribution in [0.15, 0.2) is 24.3 Å². The summed E-state index contributed by atoms with van der Waals surface area (Å²) >= 11 is 0. The van der Waals surface area contributed by atoms with Crippen molar-refractivity contribution in [3.8, 4) is 0 Å². The minimum Gasteiger partial charge on any atom is -0.354 e. The number of nitrogens with one attached hydrogen (secondary N) is 1. The summed E-state index contributed by atoms with van der Waals surface area (Å²) in [6.07, 6.45) is 3.96. The molecule has 1 atom stereocenters. The predicted molar refractivity (Wildman–Crippen MR) is 82.4 cm³/mol. The van der Waals surface area contributed by atoms with E-state index in [-0.39, 0.29) is 11.9 Å². The van der Waals surface area contributed by atoms with Gasteiger partial charge in [-0.1, -0.05) is 38.1 Å². The van der Waals surface area contributed by atoms with Crippen LogP contribution in [0.25, 0.3) is 0 Å². The summed E-state index contributed by atoms with van der Waals surface area (Å²) in [6, 6.07) is 8.49. The van der Waals surface area contributed by atoms with E-state index in [0.717, 1.165) is 12.0 Å². The molecule has 0 bridgehead atoms. The molecule has 1 unspecified atom stereocenters. The van der Waals surface area contributed by atoms with Crippen LogP contribution >= 0.6 is 0 Å². The van der Waals surface area contributed by atoms with Crippen LogP contribution in [0.3, 0.4) is 0 Å². The first kappa shape index (κ1) is 15.0. The molecule has 110 valence electrons. The van der Waals surface area contributed by atoms with Gasteiger partial charge in [-0.15, -0.1) is 0 Å². The van der Waals surface area contributed by atoms with E-state index in [0.29, 0.717) is 24.8 Å². The Morgan fingerprint density at radius 3 is 2.40 bits per heavy atom. The van der Waals surface area contributed by atoms with E-state index in [1.165, 1.54) is 18.4 Å². The smallest absolute Gasteiger partial charge is 0.224 e. The fourth-order valence-electron chi connectivity index (χ4n) is 2.44. The molecule has 3 nitrogen and oxygen atoms in total. The maximum Gasteiger partial charge on any atom is 0.224 e. The monoisotopic (exact) mass is 274 g/mol. The molecule has 0 radical (unpaired) electrons. The van der Waals surface area contributed by atoms with Crippen molar-refractivity contribution in [3.05, 3.63) is 35.4 Å². The Hall–Kier alpha value is -1.35. The van der Waals surface area contributed by atoms with E-state index in [9.17, 15) is 4.79 Å². The van der Waals surface area contributed by atoms with Crippen molar-refractivity contribution in [2.75, 3.05) is 6.54 Å². The number of carbonyl (C=O) groups excluding carboxylic acids is 1. The summed E-state index contributed by atoms with van der Waals surface area (Å²) in [6.45, 7) is 5.03. The van der Waals surface area contributed by atoms with Crippen LogP contribution in [0.2, 0.25) is 0 Å².